The lowest BCUT2D eigenvalue weighted by Crippen LogP contribution is -2.29. The van der Waals surface area contributed by atoms with E-state index in [1.54, 1.807) is 18.2 Å². The van der Waals surface area contributed by atoms with Gasteiger partial charge >= 0.3 is 0 Å². The van der Waals surface area contributed by atoms with Crippen molar-refractivity contribution in [3.63, 3.8) is 0 Å². The molecule has 0 spiro atoms. The number of hydrogen-bond acceptors (Lipinski definition) is 11. The number of nitrogens with zero attached hydrogens (tertiary/aromatic N) is 6. The van der Waals surface area contributed by atoms with Crippen LogP contribution in [0.5, 0.6) is 11.5 Å². The number of azo groups is 2. The van der Waals surface area contributed by atoms with E-state index in [-0.39, 0.29) is 18.9 Å². The predicted octanol–water partition coefficient (Wildman–Crippen LogP) is 6.00. The van der Waals surface area contributed by atoms with Crippen LogP contribution in [0.15, 0.2) is 79.5 Å². The Hall–Kier alpha value is -3.94. The van der Waals surface area contributed by atoms with Gasteiger partial charge in [-0.3, -0.25) is 10.1 Å². The number of benzene rings is 3. The molecule has 0 unspecified atom stereocenters. The Balaban J connectivity index is 1.86. The highest BCUT2D eigenvalue weighted by Gasteiger charge is 2.13. The van der Waals surface area contributed by atoms with Crippen molar-refractivity contribution in [2.75, 3.05) is 45.4 Å². The van der Waals surface area contributed by atoms with Crippen LogP contribution in [-0.4, -0.2) is 55.7 Å². The third kappa shape index (κ3) is 7.29. The minimum Gasteiger partial charge on any atom is -0.494 e. The summed E-state index contributed by atoms with van der Waals surface area (Å²) in [5.41, 5.74) is 2.53. The van der Waals surface area contributed by atoms with Crippen molar-refractivity contribution in [2.45, 2.75) is 0 Å². The summed E-state index contributed by atoms with van der Waals surface area (Å²) in [6.45, 7) is 0.700. The van der Waals surface area contributed by atoms with Gasteiger partial charge in [-0.25, -0.2) is 0 Å². The number of non-ortho nitro benzene ring substituents is 1. The van der Waals surface area contributed by atoms with E-state index in [1.807, 2.05) is 17.0 Å². The van der Waals surface area contributed by atoms with Gasteiger partial charge in [-0.1, -0.05) is 0 Å². The van der Waals surface area contributed by atoms with E-state index in [0.29, 0.717) is 51.8 Å². The molecule has 0 bridgehead atoms. The average molecular weight is 573 g/mol. The molecule has 13 heteroatoms. The normalized spacial score (nSPS) is 11.3. The molecule has 3 rings (SSSR count). The fourth-order valence-electron chi connectivity index (χ4n) is 3.27. The van der Waals surface area contributed by atoms with Gasteiger partial charge < -0.3 is 24.6 Å². The molecule has 0 amide bonds. The molecule has 0 aliphatic heterocycles. The molecule has 3 aromatic rings. The summed E-state index contributed by atoms with van der Waals surface area (Å²) in [6.07, 6.45) is 0. The molecule has 0 aliphatic rings. The van der Waals surface area contributed by atoms with Crippen molar-refractivity contribution in [2.24, 2.45) is 20.5 Å². The van der Waals surface area contributed by atoms with Crippen molar-refractivity contribution in [1.82, 2.24) is 0 Å². The first-order valence-electron chi connectivity index (χ1n) is 11.0. The van der Waals surface area contributed by atoms with Gasteiger partial charge in [0.05, 0.1) is 43.7 Å². The standard InChI is InChI=1S/C24H25BrN6O6/c1-36-23-15-22(29-27-20-8-7-18(13-19(20)25)30(9-11-32)10-12-33)24(37-2)14-21(23)28-26-16-3-5-17(6-4-16)31(34)35/h3-8,13-15,32-33H,9-12H2,1-2H3. The number of halogens is 1. The molecule has 0 radical (unpaired) electrons. The number of nitro groups is 1. The second kappa shape index (κ2) is 13.4. The third-order valence-corrected chi connectivity index (χ3v) is 5.75. The lowest BCUT2D eigenvalue weighted by atomic mass is 10.2. The van der Waals surface area contributed by atoms with Gasteiger partial charge in [-0.05, 0) is 46.3 Å². The Labute approximate surface area is 221 Å². The molecule has 0 aliphatic carbocycles. The number of rotatable bonds is 12. The SMILES string of the molecule is COc1cc(N=Nc2ccc(N(CCO)CCO)cc2Br)c(OC)cc1N=Nc1ccc([N+](=O)[O-])cc1. The van der Waals surface area contributed by atoms with Crippen molar-refractivity contribution in [3.8, 4) is 11.5 Å². The molecule has 0 fully saturated rings. The maximum atomic E-state index is 10.8. The molecule has 3 aromatic carbocycles. The van der Waals surface area contributed by atoms with Crippen LogP contribution >= 0.6 is 15.9 Å². The van der Waals surface area contributed by atoms with E-state index >= 15 is 0 Å². The van der Waals surface area contributed by atoms with Gasteiger partial charge in [-0.2, -0.15) is 5.11 Å². The van der Waals surface area contributed by atoms with Crippen LogP contribution in [0, 0.1) is 10.1 Å². The van der Waals surface area contributed by atoms with Crippen LogP contribution in [-0.2, 0) is 0 Å². The Morgan fingerprint density at radius 3 is 1.86 bits per heavy atom. The van der Waals surface area contributed by atoms with E-state index in [4.69, 9.17) is 9.47 Å². The Kier molecular flexibility index (Phi) is 10.0. The summed E-state index contributed by atoms with van der Waals surface area (Å²) in [5.74, 6) is 0.755. The average Bonchev–Trinajstić information content (AvgIpc) is 2.91. The Morgan fingerprint density at radius 2 is 1.38 bits per heavy atom. The number of nitro benzene ring substituents is 1. The molecule has 37 heavy (non-hydrogen) atoms. The number of aliphatic hydroxyl groups is 2. The smallest absolute Gasteiger partial charge is 0.269 e. The Morgan fingerprint density at radius 1 is 0.838 bits per heavy atom. The summed E-state index contributed by atoms with van der Waals surface area (Å²) in [6, 6.07) is 14.3. The van der Waals surface area contributed by atoms with Gasteiger partial charge in [0.1, 0.15) is 22.9 Å². The number of anilines is 1. The van der Waals surface area contributed by atoms with Crippen LogP contribution in [0.4, 0.5) is 34.1 Å². The topological polar surface area (TPSA) is 155 Å². The summed E-state index contributed by atoms with van der Waals surface area (Å²) < 4.78 is 11.6. The maximum Gasteiger partial charge on any atom is 0.269 e. The highest BCUT2D eigenvalue weighted by Crippen LogP contribution is 2.41. The summed E-state index contributed by atoms with van der Waals surface area (Å²) in [5, 5.41) is 46.3. The summed E-state index contributed by atoms with van der Waals surface area (Å²) in [7, 11) is 2.97. The van der Waals surface area contributed by atoms with E-state index in [0.717, 1.165) is 5.69 Å². The number of ether oxygens (including phenoxy) is 2. The molecular formula is C24H25BrN6O6. The van der Waals surface area contributed by atoms with E-state index < -0.39 is 4.92 Å². The maximum absolute atomic E-state index is 10.8. The van der Waals surface area contributed by atoms with Gasteiger partial charge in [0.25, 0.3) is 5.69 Å². The zero-order valence-corrected chi connectivity index (χ0v) is 21.7. The quantitative estimate of drug-likeness (QED) is 0.153. The third-order valence-electron chi connectivity index (χ3n) is 5.12. The first-order chi connectivity index (χ1) is 17.9. The van der Waals surface area contributed by atoms with Crippen LogP contribution < -0.4 is 14.4 Å². The highest BCUT2D eigenvalue weighted by atomic mass is 79.9. The van der Waals surface area contributed by atoms with Crippen LogP contribution in [0.2, 0.25) is 0 Å². The molecule has 0 saturated carbocycles. The highest BCUT2D eigenvalue weighted by molar-refractivity contribution is 9.10. The lowest BCUT2D eigenvalue weighted by Gasteiger charge is -2.23. The molecule has 2 N–H and O–H groups in total. The minimum absolute atomic E-state index is 0.0376. The molecule has 0 saturated heterocycles. The molecule has 194 valence electrons. The van der Waals surface area contributed by atoms with Crippen molar-refractivity contribution in [3.05, 3.63) is 69.2 Å². The molecular weight excluding hydrogens is 548 g/mol. The first-order valence-corrected chi connectivity index (χ1v) is 11.8. The lowest BCUT2D eigenvalue weighted by molar-refractivity contribution is -0.384. The van der Waals surface area contributed by atoms with Gasteiger partial charge in [0, 0.05) is 47.5 Å². The zero-order valence-electron chi connectivity index (χ0n) is 20.1. The molecule has 0 heterocycles. The fourth-order valence-corrected chi connectivity index (χ4v) is 3.71. The second-order valence-corrected chi connectivity index (χ2v) is 8.29. The van der Waals surface area contributed by atoms with Crippen LogP contribution in [0.1, 0.15) is 0 Å². The van der Waals surface area contributed by atoms with Crippen molar-refractivity contribution < 1.29 is 24.6 Å². The van der Waals surface area contributed by atoms with Crippen LogP contribution in [0.3, 0.4) is 0 Å². The monoisotopic (exact) mass is 572 g/mol. The van der Waals surface area contributed by atoms with Crippen molar-refractivity contribution in [1.29, 1.82) is 0 Å². The van der Waals surface area contributed by atoms with Gasteiger partial charge in [0.2, 0.25) is 0 Å². The second-order valence-electron chi connectivity index (χ2n) is 7.44. The molecule has 0 atom stereocenters. The fraction of sp³-hybridized carbons (Fsp3) is 0.250. The minimum atomic E-state index is -0.488. The van der Waals surface area contributed by atoms with E-state index in [1.165, 1.54) is 38.5 Å². The first kappa shape index (κ1) is 27.6. The van der Waals surface area contributed by atoms with Gasteiger partial charge in [-0.15, -0.1) is 15.3 Å². The Bertz CT molecular complexity index is 1280. The van der Waals surface area contributed by atoms with Gasteiger partial charge in [0.15, 0.2) is 0 Å². The summed E-state index contributed by atoms with van der Waals surface area (Å²) >= 11 is 3.50. The number of methoxy groups -OCH3 is 2. The molecule has 0 aromatic heterocycles. The summed E-state index contributed by atoms with van der Waals surface area (Å²) in [4.78, 5) is 12.2. The molecule has 12 nitrogen and oxygen atoms in total. The number of hydrogen-bond donors (Lipinski definition) is 2. The van der Waals surface area contributed by atoms with Crippen LogP contribution in [0.25, 0.3) is 0 Å². The van der Waals surface area contributed by atoms with Crippen molar-refractivity contribution >= 4 is 50.1 Å². The predicted molar refractivity (Wildman–Crippen MR) is 142 cm³/mol. The van der Waals surface area contributed by atoms with E-state index in [9.17, 15) is 20.3 Å². The van der Waals surface area contributed by atoms with E-state index in [2.05, 4.69) is 36.4 Å². The zero-order chi connectivity index (χ0) is 26.8. The number of aliphatic hydroxyl groups excluding tert-OH is 2. The largest absolute Gasteiger partial charge is 0.494 e.